The van der Waals surface area contributed by atoms with Crippen LogP contribution in [0.2, 0.25) is 0 Å². The molecular formula is C24H26ClF2N3O2. The van der Waals surface area contributed by atoms with E-state index in [1.807, 2.05) is 13.1 Å². The van der Waals surface area contributed by atoms with Crippen molar-refractivity contribution in [1.29, 1.82) is 0 Å². The molecule has 1 amide bonds. The van der Waals surface area contributed by atoms with Crippen molar-refractivity contribution in [3.8, 4) is 5.75 Å². The molecule has 1 atom stereocenters. The summed E-state index contributed by atoms with van der Waals surface area (Å²) in [6.45, 7) is 5.07. The van der Waals surface area contributed by atoms with E-state index in [-0.39, 0.29) is 42.2 Å². The standard InChI is InChI=1S/C24H25F2N3O2.ClH/c1-3-29(14(2)4-5-15-12-28-22-9-6-16(25)10-19(15)22)17-11-20-18(24(27)30)7-8-21(26)23(20)31-13-17;/h6-12,14,28H,3-5,13H2,1-2H3,(H2,27,30);1H. The molecule has 0 fully saturated rings. The number of amides is 1. The number of H-pyrrole nitrogens is 1. The number of carbonyl (C=O) groups is 1. The minimum atomic E-state index is -0.625. The van der Waals surface area contributed by atoms with E-state index in [2.05, 4.69) is 16.8 Å². The maximum atomic E-state index is 14.2. The number of fused-ring (bicyclic) bond motifs is 2. The van der Waals surface area contributed by atoms with Gasteiger partial charge in [-0.3, -0.25) is 4.79 Å². The third kappa shape index (κ3) is 4.43. The predicted octanol–water partition coefficient (Wildman–Crippen LogP) is 5.04. The molecule has 0 aliphatic carbocycles. The van der Waals surface area contributed by atoms with Crippen LogP contribution in [-0.4, -0.2) is 35.0 Å². The highest BCUT2D eigenvalue weighted by atomic mass is 35.5. The highest BCUT2D eigenvalue weighted by Crippen LogP contribution is 2.34. The van der Waals surface area contributed by atoms with Gasteiger partial charge in [0, 0.05) is 35.2 Å². The second kappa shape index (κ2) is 9.61. The smallest absolute Gasteiger partial charge is 0.249 e. The summed E-state index contributed by atoms with van der Waals surface area (Å²) in [6.07, 6.45) is 5.32. The van der Waals surface area contributed by atoms with Gasteiger partial charge in [-0.05, 0) is 68.7 Å². The van der Waals surface area contributed by atoms with Crippen LogP contribution in [0.3, 0.4) is 0 Å². The first kappa shape index (κ1) is 23.6. The highest BCUT2D eigenvalue weighted by Gasteiger charge is 2.25. The van der Waals surface area contributed by atoms with Crippen molar-refractivity contribution in [2.45, 2.75) is 32.7 Å². The Morgan fingerprint density at radius 2 is 2.06 bits per heavy atom. The Kier molecular flexibility index (Phi) is 7.09. The van der Waals surface area contributed by atoms with Crippen LogP contribution >= 0.6 is 12.4 Å². The van der Waals surface area contributed by atoms with Crippen molar-refractivity contribution in [3.05, 3.63) is 70.6 Å². The van der Waals surface area contributed by atoms with E-state index < -0.39 is 11.7 Å². The van der Waals surface area contributed by atoms with Gasteiger partial charge in [0.05, 0.1) is 11.3 Å². The Labute approximate surface area is 191 Å². The summed E-state index contributed by atoms with van der Waals surface area (Å²) >= 11 is 0. The summed E-state index contributed by atoms with van der Waals surface area (Å²) < 4.78 is 33.5. The molecule has 0 spiro atoms. The zero-order valence-corrected chi connectivity index (χ0v) is 18.8. The van der Waals surface area contributed by atoms with Crippen LogP contribution in [0.5, 0.6) is 5.75 Å². The molecule has 1 aliphatic rings. The highest BCUT2D eigenvalue weighted by molar-refractivity contribution is 5.98. The summed E-state index contributed by atoms with van der Waals surface area (Å²) in [7, 11) is 0. The number of nitrogens with zero attached hydrogens (tertiary/aromatic N) is 1. The first-order valence-corrected chi connectivity index (χ1v) is 10.4. The number of ether oxygens (including phenoxy) is 1. The van der Waals surface area contributed by atoms with Crippen LogP contribution in [0.1, 0.15) is 41.8 Å². The lowest BCUT2D eigenvalue weighted by Gasteiger charge is -2.34. The Balaban J connectivity index is 0.00000289. The summed E-state index contributed by atoms with van der Waals surface area (Å²) in [6, 6.07) is 7.47. The molecule has 2 aromatic carbocycles. The van der Waals surface area contributed by atoms with Crippen molar-refractivity contribution < 1.29 is 18.3 Å². The van der Waals surface area contributed by atoms with Gasteiger partial charge in [-0.25, -0.2) is 8.78 Å². The normalized spacial score (nSPS) is 13.6. The fraction of sp³-hybridized carbons (Fsp3) is 0.292. The van der Waals surface area contributed by atoms with Crippen LogP contribution in [0.15, 0.2) is 42.2 Å². The minimum absolute atomic E-state index is 0. The van der Waals surface area contributed by atoms with Crippen LogP contribution in [-0.2, 0) is 6.42 Å². The lowest BCUT2D eigenvalue weighted by atomic mass is 10.0. The zero-order chi connectivity index (χ0) is 22.1. The zero-order valence-electron chi connectivity index (χ0n) is 18.0. The predicted molar refractivity (Wildman–Crippen MR) is 124 cm³/mol. The minimum Gasteiger partial charge on any atom is -0.484 e. The van der Waals surface area contributed by atoms with Crippen LogP contribution in [0, 0.1) is 11.6 Å². The van der Waals surface area contributed by atoms with E-state index in [9.17, 15) is 13.6 Å². The molecule has 1 aromatic heterocycles. The van der Waals surface area contributed by atoms with Gasteiger partial charge in [0.15, 0.2) is 11.6 Å². The van der Waals surface area contributed by atoms with Crippen LogP contribution in [0.25, 0.3) is 17.0 Å². The monoisotopic (exact) mass is 461 g/mol. The van der Waals surface area contributed by atoms with Gasteiger partial charge < -0.3 is 20.4 Å². The second-order valence-corrected chi connectivity index (χ2v) is 7.80. The number of hydrogen-bond donors (Lipinski definition) is 2. The molecule has 1 aliphatic heterocycles. The topological polar surface area (TPSA) is 71.3 Å². The van der Waals surface area contributed by atoms with Gasteiger partial charge in [-0.1, -0.05) is 0 Å². The van der Waals surface area contributed by atoms with Gasteiger partial charge >= 0.3 is 0 Å². The van der Waals surface area contributed by atoms with Crippen molar-refractivity contribution in [2.24, 2.45) is 5.73 Å². The van der Waals surface area contributed by atoms with Crippen LogP contribution < -0.4 is 10.5 Å². The lowest BCUT2D eigenvalue weighted by molar-refractivity contribution is 0.0999. The van der Waals surface area contributed by atoms with E-state index in [4.69, 9.17) is 10.5 Å². The summed E-state index contributed by atoms with van der Waals surface area (Å²) in [5.74, 6) is -1.33. The molecule has 4 rings (SSSR count). The molecule has 0 saturated carbocycles. The number of benzene rings is 2. The molecule has 170 valence electrons. The number of aromatic nitrogens is 1. The third-order valence-electron chi connectivity index (χ3n) is 5.89. The number of hydrogen-bond acceptors (Lipinski definition) is 3. The first-order valence-electron chi connectivity index (χ1n) is 10.4. The molecule has 3 aromatic rings. The largest absolute Gasteiger partial charge is 0.484 e. The van der Waals surface area contributed by atoms with Crippen molar-refractivity contribution in [2.75, 3.05) is 13.2 Å². The number of primary amides is 1. The van der Waals surface area contributed by atoms with Gasteiger partial charge in [0.25, 0.3) is 0 Å². The quantitative estimate of drug-likeness (QED) is 0.517. The number of nitrogens with one attached hydrogen (secondary N) is 1. The number of likely N-dealkylation sites (N-methyl/N-ethyl adjacent to an activating group) is 1. The molecule has 0 bridgehead atoms. The number of rotatable bonds is 7. The molecule has 2 heterocycles. The molecule has 1 unspecified atom stereocenters. The number of aromatic amines is 1. The van der Waals surface area contributed by atoms with Crippen molar-refractivity contribution >= 4 is 35.3 Å². The Bertz CT molecular complexity index is 1180. The van der Waals surface area contributed by atoms with Crippen LogP contribution in [0.4, 0.5) is 8.78 Å². The van der Waals surface area contributed by atoms with E-state index in [0.717, 1.165) is 41.5 Å². The van der Waals surface area contributed by atoms with Crippen molar-refractivity contribution in [3.63, 3.8) is 0 Å². The van der Waals surface area contributed by atoms with Gasteiger partial charge in [-0.15, -0.1) is 12.4 Å². The number of nitrogens with two attached hydrogens (primary N) is 1. The molecule has 0 saturated heterocycles. The van der Waals surface area contributed by atoms with E-state index in [0.29, 0.717) is 5.56 Å². The summed E-state index contributed by atoms with van der Waals surface area (Å²) in [5, 5.41) is 0.894. The molecular weight excluding hydrogens is 436 g/mol. The Hall–Kier alpha value is -3.06. The number of aryl methyl sites for hydroxylation is 1. The summed E-state index contributed by atoms with van der Waals surface area (Å²) in [5.41, 5.74) is 8.93. The van der Waals surface area contributed by atoms with E-state index >= 15 is 0 Å². The fourth-order valence-electron chi connectivity index (χ4n) is 4.27. The van der Waals surface area contributed by atoms with Gasteiger partial charge in [0.2, 0.25) is 5.91 Å². The molecule has 5 nitrogen and oxygen atoms in total. The maximum Gasteiger partial charge on any atom is 0.249 e. The molecule has 0 radical (unpaired) electrons. The fourth-order valence-corrected chi connectivity index (χ4v) is 4.27. The molecule has 8 heteroatoms. The number of halogens is 3. The first-order chi connectivity index (χ1) is 14.9. The average molecular weight is 462 g/mol. The second-order valence-electron chi connectivity index (χ2n) is 7.80. The van der Waals surface area contributed by atoms with Gasteiger partial charge in [-0.2, -0.15) is 0 Å². The molecule has 32 heavy (non-hydrogen) atoms. The summed E-state index contributed by atoms with van der Waals surface area (Å²) in [4.78, 5) is 17.2. The maximum absolute atomic E-state index is 14.2. The Morgan fingerprint density at radius 1 is 1.28 bits per heavy atom. The van der Waals surface area contributed by atoms with Gasteiger partial charge in [0.1, 0.15) is 12.4 Å². The lowest BCUT2D eigenvalue weighted by Crippen LogP contribution is -2.36. The number of carbonyl (C=O) groups excluding carboxylic acids is 1. The van der Waals surface area contributed by atoms with E-state index in [1.54, 1.807) is 18.2 Å². The average Bonchev–Trinajstić information content (AvgIpc) is 3.14. The van der Waals surface area contributed by atoms with Crippen molar-refractivity contribution in [1.82, 2.24) is 9.88 Å². The van der Waals surface area contributed by atoms with E-state index in [1.165, 1.54) is 18.2 Å². The molecule has 3 N–H and O–H groups in total. The third-order valence-corrected chi connectivity index (χ3v) is 5.89. The Morgan fingerprint density at radius 3 is 2.78 bits per heavy atom. The SMILES string of the molecule is CCN(C1=Cc2c(C(N)=O)ccc(F)c2OC1)C(C)CCc1c[nH]c2ccc(F)cc12.Cl.